The van der Waals surface area contributed by atoms with Crippen LogP contribution in [0, 0.1) is 0 Å². The van der Waals surface area contributed by atoms with Gasteiger partial charge >= 0.3 is 5.97 Å². The van der Waals surface area contributed by atoms with Gasteiger partial charge in [0.1, 0.15) is 19.0 Å². The molecule has 1 heterocycles. The zero-order chi connectivity index (χ0) is 9.68. The molecule has 0 aliphatic carbocycles. The monoisotopic (exact) mass is 184 g/mol. The molecule has 5 heteroatoms. The van der Waals surface area contributed by atoms with E-state index in [2.05, 4.69) is 9.72 Å². The third-order valence-electron chi connectivity index (χ3n) is 1.31. The van der Waals surface area contributed by atoms with Crippen molar-refractivity contribution in [2.24, 2.45) is 0 Å². The number of rotatable bonds is 3. The lowest BCUT2D eigenvalue weighted by Gasteiger charge is -2.00. The molecule has 0 aliphatic heterocycles. The molecule has 0 aliphatic rings. The maximum atomic E-state index is 11.6. The summed E-state index contributed by atoms with van der Waals surface area (Å²) in [6, 6.07) is 2.95. The fourth-order valence-corrected chi connectivity index (χ4v) is 0.731. The van der Waals surface area contributed by atoms with E-state index in [-0.39, 0.29) is 12.3 Å². The van der Waals surface area contributed by atoms with Gasteiger partial charge in [0, 0.05) is 0 Å². The Hall–Kier alpha value is -1.65. The first-order valence-corrected chi connectivity index (χ1v) is 3.68. The molecule has 70 valence electrons. The first-order chi connectivity index (χ1) is 6.24. The molecule has 2 N–H and O–H groups in total. The summed E-state index contributed by atoms with van der Waals surface area (Å²) >= 11 is 0. The zero-order valence-electron chi connectivity index (χ0n) is 6.87. The van der Waals surface area contributed by atoms with E-state index >= 15 is 0 Å². The van der Waals surface area contributed by atoms with E-state index in [1.165, 1.54) is 18.3 Å². The zero-order valence-corrected chi connectivity index (χ0v) is 6.87. The maximum Gasteiger partial charge on any atom is 0.357 e. The summed E-state index contributed by atoms with van der Waals surface area (Å²) in [6.45, 7) is -0.939. The number of nitrogens with two attached hydrogens (primary N) is 1. The van der Waals surface area contributed by atoms with Gasteiger partial charge in [0.2, 0.25) is 0 Å². The molecule has 0 amide bonds. The van der Waals surface area contributed by atoms with Gasteiger partial charge in [-0.3, -0.25) is 0 Å². The molecule has 0 aromatic carbocycles. The minimum atomic E-state index is -0.694. The summed E-state index contributed by atoms with van der Waals surface area (Å²) in [5, 5.41) is 0. The third-order valence-corrected chi connectivity index (χ3v) is 1.31. The molecular formula is C8H9FN2O2. The van der Waals surface area contributed by atoms with Crippen molar-refractivity contribution in [3.8, 4) is 0 Å². The highest BCUT2D eigenvalue weighted by Gasteiger charge is 2.07. The number of hydrogen-bond acceptors (Lipinski definition) is 4. The molecule has 4 nitrogen and oxygen atoms in total. The number of anilines is 1. The Morgan fingerprint density at radius 1 is 1.62 bits per heavy atom. The maximum absolute atomic E-state index is 11.6. The average molecular weight is 184 g/mol. The van der Waals surface area contributed by atoms with Crippen LogP contribution in [0.2, 0.25) is 0 Å². The van der Waals surface area contributed by atoms with E-state index in [1.54, 1.807) is 0 Å². The molecule has 0 unspecified atom stereocenters. The lowest BCUT2D eigenvalue weighted by molar-refractivity contribution is 0.0474. The molecule has 0 bridgehead atoms. The van der Waals surface area contributed by atoms with Crippen LogP contribution in [0.4, 0.5) is 10.1 Å². The van der Waals surface area contributed by atoms with Crippen LogP contribution in [-0.4, -0.2) is 24.2 Å². The molecule has 0 fully saturated rings. The minimum Gasteiger partial charge on any atom is -0.458 e. The molecular weight excluding hydrogens is 175 g/mol. The summed E-state index contributed by atoms with van der Waals surface area (Å²) in [5.74, 6) is -0.641. The van der Waals surface area contributed by atoms with E-state index in [1.807, 2.05) is 0 Å². The molecule has 1 aromatic rings. The number of carbonyl (C=O) groups is 1. The summed E-state index contributed by atoms with van der Waals surface area (Å²) < 4.78 is 16.1. The highest BCUT2D eigenvalue weighted by Crippen LogP contribution is 2.02. The van der Waals surface area contributed by atoms with E-state index in [0.717, 1.165) is 0 Å². The van der Waals surface area contributed by atoms with Gasteiger partial charge in [-0.25, -0.2) is 14.2 Å². The Balaban J connectivity index is 2.61. The summed E-state index contributed by atoms with van der Waals surface area (Å²) in [4.78, 5) is 14.7. The number of aromatic nitrogens is 1. The second-order valence-electron chi connectivity index (χ2n) is 2.30. The van der Waals surface area contributed by atoms with Gasteiger partial charge in [-0.05, 0) is 12.1 Å². The van der Waals surface area contributed by atoms with Crippen molar-refractivity contribution in [1.29, 1.82) is 0 Å². The lowest BCUT2D eigenvalue weighted by atomic mass is 10.3. The summed E-state index contributed by atoms with van der Waals surface area (Å²) in [5.41, 5.74) is 5.94. The van der Waals surface area contributed by atoms with Crippen LogP contribution in [0.5, 0.6) is 0 Å². The van der Waals surface area contributed by atoms with Crippen molar-refractivity contribution < 1.29 is 13.9 Å². The topological polar surface area (TPSA) is 65.2 Å². The number of pyridine rings is 1. The van der Waals surface area contributed by atoms with Crippen LogP contribution in [0.3, 0.4) is 0 Å². The normalized spacial score (nSPS) is 9.62. The van der Waals surface area contributed by atoms with E-state index in [9.17, 15) is 9.18 Å². The van der Waals surface area contributed by atoms with Gasteiger partial charge in [-0.2, -0.15) is 0 Å². The van der Waals surface area contributed by atoms with Crippen molar-refractivity contribution in [3.05, 3.63) is 24.0 Å². The number of alkyl halides is 1. The number of halogens is 1. The smallest absolute Gasteiger partial charge is 0.357 e. The molecule has 0 spiro atoms. The molecule has 0 saturated carbocycles. The second kappa shape index (κ2) is 4.39. The Kier molecular flexibility index (Phi) is 3.19. The molecule has 13 heavy (non-hydrogen) atoms. The quantitative estimate of drug-likeness (QED) is 0.705. The highest BCUT2D eigenvalue weighted by atomic mass is 19.1. The predicted molar refractivity (Wildman–Crippen MR) is 44.9 cm³/mol. The predicted octanol–water partition coefficient (Wildman–Crippen LogP) is 0.790. The number of ether oxygens (including phenoxy) is 1. The fourth-order valence-electron chi connectivity index (χ4n) is 0.731. The Morgan fingerprint density at radius 2 is 2.38 bits per heavy atom. The first-order valence-electron chi connectivity index (χ1n) is 3.68. The van der Waals surface area contributed by atoms with Gasteiger partial charge in [0.25, 0.3) is 0 Å². The standard InChI is InChI=1S/C8H9FN2O2/c9-3-4-13-8(12)7-2-1-6(10)5-11-7/h1-2,5H,3-4,10H2. The van der Waals surface area contributed by atoms with Crippen LogP contribution in [0.25, 0.3) is 0 Å². The number of hydrogen-bond donors (Lipinski definition) is 1. The average Bonchev–Trinajstić information content (AvgIpc) is 2.15. The van der Waals surface area contributed by atoms with Crippen LogP contribution < -0.4 is 5.73 Å². The lowest BCUT2D eigenvalue weighted by Crippen LogP contribution is -2.09. The summed E-state index contributed by atoms with van der Waals surface area (Å²) in [6.07, 6.45) is 1.34. The van der Waals surface area contributed by atoms with Gasteiger partial charge in [-0.15, -0.1) is 0 Å². The second-order valence-corrected chi connectivity index (χ2v) is 2.30. The van der Waals surface area contributed by atoms with E-state index in [4.69, 9.17) is 5.73 Å². The van der Waals surface area contributed by atoms with Crippen molar-refractivity contribution in [2.45, 2.75) is 0 Å². The van der Waals surface area contributed by atoms with Gasteiger partial charge in [0.15, 0.2) is 0 Å². The van der Waals surface area contributed by atoms with E-state index in [0.29, 0.717) is 5.69 Å². The Morgan fingerprint density at radius 3 is 2.92 bits per heavy atom. The van der Waals surface area contributed by atoms with Crippen LogP contribution in [-0.2, 0) is 4.74 Å². The largest absolute Gasteiger partial charge is 0.458 e. The Bertz CT molecular complexity index is 287. The van der Waals surface area contributed by atoms with Crippen LogP contribution >= 0.6 is 0 Å². The molecule has 1 rings (SSSR count). The van der Waals surface area contributed by atoms with Gasteiger partial charge in [-0.1, -0.05) is 0 Å². The third kappa shape index (κ3) is 2.70. The first kappa shape index (κ1) is 9.44. The SMILES string of the molecule is Nc1ccc(C(=O)OCCF)nc1. The number of nitrogen functional groups attached to an aromatic ring is 1. The number of nitrogens with zero attached hydrogens (tertiary/aromatic N) is 1. The van der Waals surface area contributed by atoms with Crippen molar-refractivity contribution in [3.63, 3.8) is 0 Å². The van der Waals surface area contributed by atoms with Crippen molar-refractivity contribution in [2.75, 3.05) is 19.0 Å². The molecule has 1 aromatic heterocycles. The molecule has 0 atom stereocenters. The van der Waals surface area contributed by atoms with Gasteiger partial charge < -0.3 is 10.5 Å². The summed E-state index contributed by atoms with van der Waals surface area (Å²) in [7, 11) is 0. The number of esters is 1. The van der Waals surface area contributed by atoms with Crippen molar-refractivity contribution >= 4 is 11.7 Å². The number of carbonyl (C=O) groups excluding carboxylic acids is 1. The van der Waals surface area contributed by atoms with Crippen LogP contribution in [0.15, 0.2) is 18.3 Å². The molecule has 0 radical (unpaired) electrons. The molecule has 0 saturated heterocycles. The van der Waals surface area contributed by atoms with E-state index < -0.39 is 12.6 Å². The minimum absolute atomic E-state index is 0.127. The highest BCUT2D eigenvalue weighted by molar-refractivity contribution is 5.87. The fraction of sp³-hybridized carbons (Fsp3) is 0.250. The van der Waals surface area contributed by atoms with Gasteiger partial charge in [0.05, 0.1) is 11.9 Å². The Labute approximate surface area is 74.5 Å². The van der Waals surface area contributed by atoms with Crippen molar-refractivity contribution in [1.82, 2.24) is 4.98 Å². The van der Waals surface area contributed by atoms with Crippen LogP contribution in [0.1, 0.15) is 10.5 Å².